The van der Waals surface area contributed by atoms with Crippen LogP contribution < -0.4 is 10.7 Å². The number of hydrazone groups is 1. The van der Waals surface area contributed by atoms with Gasteiger partial charge in [-0.3, -0.25) is 9.59 Å². The van der Waals surface area contributed by atoms with Crippen LogP contribution >= 0.6 is 15.9 Å². The molecule has 0 aliphatic carbocycles. The fraction of sp³-hybridized carbons (Fsp3) is 0.0952. The van der Waals surface area contributed by atoms with Crippen molar-refractivity contribution in [3.63, 3.8) is 0 Å². The lowest BCUT2D eigenvalue weighted by atomic mass is 10.2. The van der Waals surface area contributed by atoms with Crippen LogP contribution in [0.5, 0.6) is 0 Å². The number of anilines is 1. The lowest BCUT2D eigenvalue weighted by molar-refractivity contribution is -0.136. The van der Waals surface area contributed by atoms with Crippen LogP contribution in [0.3, 0.4) is 0 Å². The predicted octanol–water partition coefficient (Wildman–Crippen LogP) is 4.08. The number of aromatic nitrogens is 1. The van der Waals surface area contributed by atoms with Gasteiger partial charge in [-0.25, -0.2) is 9.82 Å². The second-order valence-corrected chi connectivity index (χ2v) is 7.10. The van der Waals surface area contributed by atoms with E-state index in [1.165, 1.54) is 12.3 Å². The number of nitrogens with zero attached hydrogens (tertiary/aromatic N) is 2. The van der Waals surface area contributed by atoms with Gasteiger partial charge in [0.05, 0.1) is 17.6 Å². The Morgan fingerprint density at radius 1 is 1.07 bits per heavy atom. The number of rotatable bonds is 4. The number of amides is 2. The average Bonchev–Trinajstić information content (AvgIpc) is 2.97. The molecule has 8 heteroatoms. The van der Waals surface area contributed by atoms with E-state index in [9.17, 15) is 14.0 Å². The molecule has 0 saturated carbocycles. The highest BCUT2D eigenvalue weighted by Crippen LogP contribution is 2.22. The Morgan fingerprint density at radius 2 is 1.76 bits per heavy atom. The van der Waals surface area contributed by atoms with Crippen molar-refractivity contribution in [2.75, 3.05) is 5.32 Å². The predicted molar refractivity (Wildman–Crippen MR) is 114 cm³/mol. The van der Waals surface area contributed by atoms with Crippen LogP contribution in [-0.2, 0) is 9.59 Å². The summed E-state index contributed by atoms with van der Waals surface area (Å²) in [4.78, 5) is 24.0. The van der Waals surface area contributed by atoms with Gasteiger partial charge in [0.1, 0.15) is 5.82 Å². The molecule has 3 rings (SSSR count). The van der Waals surface area contributed by atoms with Crippen LogP contribution in [0.15, 0.2) is 64.2 Å². The van der Waals surface area contributed by atoms with E-state index >= 15 is 0 Å². The molecule has 6 nitrogen and oxygen atoms in total. The second-order valence-electron chi connectivity index (χ2n) is 6.25. The first kappa shape index (κ1) is 20.5. The molecule has 1 aromatic heterocycles. The molecular weight excluding hydrogens is 439 g/mol. The van der Waals surface area contributed by atoms with Crippen molar-refractivity contribution in [1.82, 2.24) is 9.99 Å². The van der Waals surface area contributed by atoms with Gasteiger partial charge < -0.3 is 9.88 Å². The van der Waals surface area contributed by atoms with Crippen molar-refractivity contribution in [2.24, 2.45) is 5.10 Å². The summed E-state index contributed by atoms with van der Waals surface area (Å²) in [6, 6.07) is 15.2. The number of hydrogen-bond donors (Lipinski definition) is 2. The van der Waals surface area contributed by atoms with Gasteiger partial charge in [-0.15, -0.1) is 0 Å². The number of hydrogen-bond acceptors (Lipinski definition) is 3. The monoisotopic (exact) mass is 456 g/mol. The van der Waals surface area contributed by atoms with E-state index in [1.54, 1.807) is 47.0 Å². The molecule has 1 heterocycles. The lowest BCUT2D eigenvalue weighted by Gasteiger charge is -2.10. The minimum absolute atomic E-state index is 0.338. The SMILES string of the molecule is Cc1cc(/C=N\NC(=O)C(=O)Nc2ccccc2Br)c(C)n1-c1ccccc1F. The van der Waals surface area contributed by atoms with Gasteiger partial charge >= 0.3 is 11.8 Å². The minimum Gasteiger partial charge on any atom is -0.317 e. The topological polar surface area (TPSA) is 75.5 Å². The van der Waals surface area contributed by atoms with E-state index in [0.29, 0.717) is 21.4 Å². The quantitative estimate of drug-likeness (QED) is 0.352. The Bertz CT molecular complexity index is 1110. The standard InChI is InChI=1S/C21H18BrFN4O2/c1-13-11-15(14(2)27(13)19-10-6-4-8-17(19)23)12-24-26-21(29)20(28)25-18-9-5-3-7-16(18)22/h3-12H,1-2H3,(H,25,28)(H,26,29)/b24-12-. The third-order valence-corrected chi connectivity index (χ3v) is 4.95. The first-order valence-electron chi connectivity index (χ1n) is 8.71. The lowest BCUT2D eigenvalue weighted by Crippen LogP contribution is -2.32. The van der Waals surface area contributed by atoms with E-state index in [1.807, 2.05) is 19.9 Å². The largest absolute Gasteiger partial charge is 0.329 e. The summed E-state index contributed by atoms with van der Waals surface area (Å²) in [5, 5.41) is 6.35. The number of carbonyl (C=O) groups is 2. The fourth-order valence-electron chi connectivity index (χ4n) is 2.87. The summed E-state index contributed by atoms with van der Waals surface area (Å²) in [5.41, 5.74) is 5.36. The van der Waals surface area contributed by atoms with Crippen LogP contribution in [0.2, 0.25) is 0 Å². The van der Waals surface area contributed by atoms with Crippen LogP contribution in [0.1, 0.15) is 17.0 Å². The molecule has 2 N–H and O–H groups in total. The van der Waals surface area contributed by atoms with Crippen molar-refractivity contribution >= 4 is 39.6 Å². The van der Waals surface area contributed by atoms with Crippen molar-refractivity contribution in [2.45, 2.75) is 13.8 Å². The molecular formula is C21H18BrFN4O2. The van der Waals surface area contributed by atoms with E-state index < -0.39 is 11.8 Å². The number of nitrogens with one attached hydrogen (secondary N) is 2. The fourth-order valence-corrected chi connectivity index (χ4v) is 3.26. The molecule has 0 unspecified atom stereocenters. The van der Waals surface area contributed by atoms with Gasteiger partial charge in [-0.2, -0.15) is 5.10 Å². The van der Waals surface area contributed by atoms with Gasteiger partial charge in [0.25, 0.3) is 0 Å². The molecule has 3 aromatic rings. The molecule has 29 heavy (non-hydrogen) atoms. The molecule has 0 fully saturated rings. The van der Waals surface area contributed by atoms with Gasteiger partial charge in [0.2, 0.25) is 0 Å². The third kappa shape index (κ3) is 4.60. The molecule has 148 valence electrons. The molecule has 0 aliphatic rings. The minimum atomic E-state index is -0.903. The molecule has 2 amide bonds. The first-order chi connectivity index (χ1) is 13.9. The van der Waals surface area contributed by atoms with E-state index in [-0.39, 0.29) is 5.82 Å². The summed E-state index contributed by atoms with van der Waals surface area (Å²) >= 11 is 3.29. The number of aryl methyl sites for hydroxylation is 1. The maximum Gasteiger partial charge on any atom is 0.329 e. The molecule has 0 spiro atoms. The Balaban J connectivity index is 1.70. The molecule has 0 radical (unpaired) electrons. The number of para-hydroxylation sites is 2. The van der Waals surface area contributed by atoms with Gasteiger partial charge in [-0.05, 0) is 60.1 Å². The number of halogens is 2. The average molecular weight is 457 g/mol. The number of carbonyl (C=O) groups excluding carboxylic acids is 2. The van der Waals surface area contributed by atoms with E-state index in [2.05, 4.69) is 31.8 Å². The Hall–Kier alpha value is -3.26. The molecule has 0 bridgehead atoms. The van der Waals surface area contributed by atoms with Crippen LogP contribution in [0.25, 0.3) is 5.69 Å². The van der Waals surface area contributed by atoms with Crippen LogP contribution in [0.4, 0.5) is 10.1 Å². The van der Waals surface area contributed by atoms with Crippen LogP contribution in [-0.4, -0.2) is 22.6 Å². The normalized spacial score (nSPS) is 10.9. The summed E-state index contributed by atoms with van der Waals surface area (Å²) in [7, 11) is 0. The summed E-state index contributed by atoms with van der Waals surface area (Å²) in [6.07, 6.45) is 1.42. The molecule has 2 aromatic carbocycles. The smallest absolute Gasteiger partial charge is 0.317 e. The van der Waals surface area contributed by atoms with Crippen molar-refractivity contribution in [3.05, 3.63) is 81.8 Å². The Kier molecular flexibility index (Phi) is 6.23. The Labute approximate surface area is 175 Å². The first-order valence-corrected chi connectivity index (χ1v) is 9.50. The highest BCUT2D eigenvalue weighted by molar-refractivity contribution is 9.10. The summed E-state index contributed by atoms with van der Waals surface area (Å²) in [5.74, 6) is -2.08. The maximum absolute atomic E-state index is 14.1. The highest BCUT2D eigenvalue weighted by atomic mass is 79.9. The summed E-state index contributed by atoms with van der Waals surface area (Å²) in [6.45, 7) is 3.67. The van der Waals surface area contributed by atoms with Gasteiger partial charge in [-0.1, -0.05) is 24.3 Å². The Morgan fingerprint density at radius 3 is 2.48 bits per heavy atom. The number of benzene rings is 2. The molecule has 0 aliphatic heterocycles. The van der Waals surface area contributed by atoms with Crippen molar-refractivity contribution in [3.8, 4) is 5.69 Å². The zero-order valence-electron chi connectivity index (χ0n) is 15.7. The summed E-state index contributed by atoms with van der Waals surface area (Å²) < 4.78 is 16.6. The second kappa shape index (κ2) is 8.83. The van der Waals surface area contributed by atoms with Crippen molar-refractivity contribution < 1.29 is 14.0 Å². The zero-order chi connectivity index (χ0) is 21.0. The highest BCUT2D eigenvalue weighted by Gasteiger charge is 2.15. The van der Waals surface area contributed by atoms with E-state index in [4.69, 9.17) is 0 Å². The van der Waals surface area contributed by atoms with Crippen molar-refractivity contribution in [1.29, 1.82) is 0 Å². The molecule has 0 atom stereocenters. The van der Waals surface area contributed by atoms with Gasteiger partial charge in [0, 0.05) is 21.4 Å². The molecule has 0 saturated heterocycles. The third-order valence-electron chi connectivity index (χ3n) is 4.26. The maximum atomic E-state index is 14.1. The van der Waals surface area contributed by atoms with E-state index in [0.717, 1.165) is 11.4 Å². The zero-order valence-corrected chi connectivity index (χ0v) is 17.3. The van der Waals surface area contributed by atoms with Gasteiger partial charge in [0.15, 0.2) is 0 Å². The van der Waals surface area contributed by atoms with Crippen LogP contribution in [0, 0.1) is 19.7 Å².